The molecule has 1 rings (SSSR count). The Balaban J connectivity index is 2.39. The van der Waals surface area contributed by atoms with Crippen LogP contribution < -0.4 is 5.32 Å². The minimum absolute atomic E-state index is 0.176. The molecule has 1 amide bonds. The minimum atomic E-state index is -1.56. The fourth-order valence-corrected chi connectivity index (χ4v) is 6.86. The average molecular weight is 728 g/mol. The van der Waals surface area contributed by atoms with Gasteiger partial charge in [-0.15, -0.1) is 0 Å². The fraction of sp³-hybridized carbons (Fsp3) is 0.929. The van der Waals surface area contributed by atoms with Crippen LogP contribution in [0.2, 0.25) is 0 Å². The van der Waals surface area contributed by atoms with Gasteiger partial charge in [0.2, 0.25) is 5.91 Å². The summed E-state index contributed by atoms with van der Waals surface area (Å²) in [5.74, 6) is -0.176. The molecule has 1 saturated heterocycles. The Morgan fingerprint density at radius 2 is 1.08 bits per heavy atom. The number of hydrogen-bond donors (Lipinski definition) is 6. The predicted molar refractivity (Wildman–Crippen MR) is 207 cm³/mol. The van der Waals surface area contributed by atoms with Crippen LogP contribution >= 0.6 is 0 Å². The molecule has 0 radical (unpaired) electrons. The number of hydrogen-bond acceptors (Lipinski definition) is 8. The number of rotatable bonds is 35. The molecule has 9 nitrogen and oxygen atoms in total. The van der Waals surface area contributed by atoms with Crippen molar-refractivity contribution in [2.45, 2.75) is 236 Å². The zero-order valence-electron chi connectivity index (χ0n) is 32.9. The summed E-state index contributed by atoms with van der Waals surface area (Å²) in [5.41, 5.74) is 0. The number of carbonyl (C=O) groups excluding carboxylic acids is 1. The van der Waals surface area contributed by atoms with Crippen LogP contribution in [0.5, 0.6) is 0 Å². The smallest absolute Gasteiger partial charge is 0.220 e. The van der Waals surface area contributed by atoms with Crippen LogP contribution in [0.15, 0.2) is 12.2 Å². The average Bonchev–Trinajstić information content (AvgIpc) is 3.13. The molecule has 6 N–H and O–H groups in total. The SMILES string of the molecule is CCCCCCCCCCCCC/C=C/[C@@H](O)[C@H](CO[C@@H]1O[C@H](CO)[C@@H](O)C(O)C1O)NC(=O)CCCCCCCCCCCCCCCCC. The van der Waals surface area contributed by atoms with Crippen molar-refractivity contribution in [3.05, 3.63) is 12.2 Å². The van der Waals surface area contributed by atoms with E-state index >= 15 is 0 Å². The third-order valence-electron chi connectivity index (χ3n) is 10.4. The molecule has 7 atom stereocenters. The Bertz CT molecular complexity index is 812. The summed E-state index contributed by atoms with van der Waals surface area (Å²) in [6, 6.07) is -0.796. The van der Waals surface area contributed by atoms with E-state index in [4.69, 9.17) is 9.47 Å². The summed E-state index contributed by atoms with van der Waals surface area (Å²) < 4.78 is 11.2. The monoisotopic (exact) mass is 728 g/mol. The molecular formula is C42H81NO8. The standard InChI is InChI=1S/C42H81NO8/c1-3-5-7-9-11-13-15-17-18-20-22-24-26-28-30-32-38(46)43-35(34-50-42-41(49)40(48)39(47)37(33-44)51-42)36(45)31-29-27-25-23-21-19-16-14-12-10-8-6-4-2/h29,31,35-37,39-42,44-45,47-49H,3-28,30,32-34H2,1-2H3,(H,43,46)/b31-29+/t35-,36+,37+,39+,40?,41?,42+/m0/s1. The lowest BCUT2D eigenvalue weighted by Crippen LogP contribution is -2.60. The highest BCUT2D eigenvalue weighted by Gasteiger charge is 2.44. The van der Waals surface area contributed by atoms with Crippen molar-refractivity contribution in [2.75, 3.05) is 13.2 Å². The quantitative estimate of drug-likeness (QED) is 0.0283. The highest BCUT2D eigenvalue weighted by molar-refractivity contribution is 5.76. The molecular weight excluding hydrogens is 646 g/mol. The van der Waals surface area contributed by atoms with E-state index < -0.39 is 49.5 Å². The van der Waals surface area contributed by atoms with Crippen molar-refractivity contribution in [3.63, 3.8) is 0 Å². The van der Waals surface area contributed by atoms with Crippen molar-refractivity contribution in [3.8, 4) is 0 Å². The Labute approximate surface area is 312 Å². The second-order valence-electron chi connectivity index (χ2n) is 15.1. The maximum Gasteiger partial charge on any atom is 0.220 e. The molecule has 2 unspecified atom stereocenters. The van der Waals surface area contributed by atoms with Gasteiger partial charge in [0.15, 0.2) is 6.29 Å². The first-order valence-electron chi connectivity index (χ1n) is 21.4. The van der Waals surface area contributed by atoms with Crippen molar-refractivity contribution in [1.82, 2.24) is 5.32 Å². The highest BCUT2D eigenvalue weighted by atomic mass is 16.7. The van der Waals surface area contributed by atoms with Gasteiger partial charge in [0.25, 0.3) is 0 Å². The first-order chi connectivity index (χ1) is 24.8. The lowest BCUT2D eigenvalue weighted by Gasteiger charge is -2.40. The number of carbonyl (C=O) groups is 1. The third-order valence-corrected chi connectivity index (χ3v) is 10.4. The van der Waals surface area contributed by atoms with Crippen LogP contribution in [0.25, 0.3) is 0 Å². The van der Waals surface area contributed by atoms with E-state index in [1.54, 1.807) is 6.08 Å². The Morgan fingerprint density at radius 1 is 0.647 bits per heavy atom. The van der Waals surface area contributed by atoms with E-state index in [1.165, 1.54) is 135 Å². The molecule has 0 aliphatic carbocycles. The van der Waals surface area contributed by atoms with Gasteiger partial charge in [-0.2, -0.15) is 0 Å². The van der Waals surface area contributed by atoms with E-state index in [0.717, 1.165) is 38.5 Å². The Morgan fingerprint density at radius 3 is 1.53 bits per heavy atom. The molecule has 9 heteroatoms. The van der Waals surface area contributed by atoms with Gasteiger partial charge in [-0.1, -0.05) is 180 Å². The van der Waals surface area contributed by atoms with E-state index in [2.05, 4.69) is 19.2 Å². The van der Waals surface area contributed by atoms with E-state index in [0.29, 0.717) is 6.42 Å². The summed E-state index contributed by atoms with van der Waals surface area (Å²) in [4.78, 5) is 12.9. The maximum absolute atomic E-state index is 12.9. The summed E-state index contributed by atoms with van der Waals surface area (Å²) in [6.45, 7) is 3.76. The van der Waals surface area contributed by atoms with Crippen LogP contribution in [0.3, 0.4) is 0 Å². The first kappa shape index (κ1) is 48.0. The molecule has 0 aromatic carbocycles. The third kappa shape index (κ3) is 24.8. The molecule has 302 valence electrons. The molecule has 51 heavy (non-hydrogen) atoms. The van der Waals surface area contributed by atoms with Crippen LogP contribution in [-0.2, 0) is 14.3 Å². The largest absolute Gasteiger partial charge is 0.394 e. The van der Waals surface area contributed by atoms with E-state index in [-0.39, 0.29) is 12.5 Å². The highest BCUT2D eigenvalue weighted by Crippen LogP contribution is 2.22. The second-order valence-corrected chi connectivity index (χ2v) is 15.1. The van der Waals surface area contributed by atoms with Gasteiger partial charge in [0.05, 0.1) is 25.4 Å². The van der Waals surface area contributed by atoms with Gasteiger partial charge in [-0.3, -0.25) is 4.79 Å². The zero-order valence-corrected chi connectivity index (χ0v) is 32.9. The number of aliphatic hydroxyl groups is 5. The van der Waals surface area contributed by atoms with Gasteiger partial charge in [-0.05, 0) is 19.3 Å². The first-order valence-corrected chi connectivity index (χ1v) is 21.4. The lowest BCUT2D eigenvalue weighted by molar-refractivity contribution is -0.302. The molecule has 0 aromatic heterocycles. The number of aliphatic hydroxyl groups excluding tert-OH is 5. The molecule has 1 aliphatic rings. The molecule has 1 heterocycles. The zero-order chi connectivity index (χ0) is 37.4. The second kappa shape index (κ2) is 33.5. The van der Waals surface area contributed by atoms with Crippen LogP contribution in [0, 0.1) is 0 Å². The predicted octanol–water partition coefficient (Wildman–Crippen LogP) is 8.17. The van der Waals surface area contributed by atoms with E-state index in [1.807, 2.05) is 6.08 Å². The number of unbranched alkanes of at least 4 members (excludes halogenated alkanes) is 25. The maximum atomic E-state index is 12.9. The molecule has 0 saturated carbocycles. The topological polar surface area (TPSA) is 149 Å². The van der Waals surface area contributed by atoms with Gasteiger partial charge in [0, 0.05) is 6.42 Å². The lowest BCUT2D eigenvalue weighted by atomic mass is 9.99. The Hall–Kier alpha value is -1.07. The van der Waals surface area contributed by atoms with Gasteiger partial charge < -0.3 is 40.3 Å². The summed E-state index contributed by atoms with van der Waals surface area (Å²) in [7, 11) is 0. The van der Waals surface area contributed by atoms with Crippen molar-refractivity contribution in [2.24, 2.45) is 0 Å². The minimum Gasteiger partial charge on any atom is -0.394 e. The number of amides is 1. The molecule has 0 aromatic rings. The molecule has 1 aliphatic heterocycles. The molecule has 0 bridgehead atoms. The van der Waals surface area contributed by atoms with Crippen LogP contribution in [-0.4, -0.2) is 87.5 Å². The van der Waals surface area contributed by atoms with Gasteiger partial charge in [0.1, 0.15) is 24.4 Å². The fourth-order valence-electron chi connectivity index (χ4n) is 6.86. The molecule has 1 fully saturated rings. The van der Waals surface area contributed by atoms with Gasteiger partial charge in [-0.25, -0.2) is 0 Å². The van der Waals surface area contributed by atoms with Gasteiger partial charge >= 0.3 is 0 Å². The summed E-state index contributed by atoms with van der Waals surface area (Å²) in [6.07, 6.45) is 29.6. The van der Waals surface area contributed by atoms with Crippen LogP contribution in [0.1, 0.15) is 194 Å². The van der Waals surface area contributed by atoms with E-state index in [9.17, 15) is 30.3 Å². The van der Waals surface area contributed by atoms with Crippen molar-refractivity contribution in [1.29, 1.82) is 0 Å². The van der Waals surface area contributed by atoms with Crippen molar-refractivity contribution >= 4 is 5.91 Å². The summed E-state index contributed by atoms with van der Waals surface area (Å²) >= 11 is 0. The van der Waals surface area contributed by atoms with Crippen molar-refractivity contribution < 1.29 is 39.8 Å². The number of allylic oxidation sites excluding steroid dienone is 1. The normalized spacial score (nSPS) is 22.1. The molecule has 0 spiro atoms. The Kier molecular flexibility index (Phi) is 31.5. The summed E-state index contributed by atoms with van der Waals surface area (Å²) in [5, 5.41) is 54.0. The van der Waals surface area contributed by atoms with Crippen LogP contribution in [0.4, 0.5) is 0 Å². The number of nitrogens with one attached hydrogen (secondary N) is 1. The number of ether oxygens (including phenoxy) is 2.